The lowest BCUT2D eigenvalue weighted by Crippen LogP contribution is -2.29. The molecule has 0 unspecified atom stereocenters. The van der Waals surface area contributed by atoms with Crippen LogP contribution in [0.4, 0.5) is 5.69 Å². The topological polar surface area (TPSA) is 92.2 Å². The van der Waals surface area contributed by atoms with Gasteiger partial charge < -0.3 is 14.7 Å². The number of pyridine rings is 1. The molecule has 0 saturated carbocycles. The molecule has 0 bridgehead atoms. The molecule has 2 aromatic heterocycles. The van der Waals surface area contributed by atoms with Gasteiger partial charge >= 0.3 is 0 Å². The molecule has 1 aliphatic carbocycles. The van der Waals surface area contributed by atoms with E-state index in [1.807, 2.05) is 18.2 Å². The molecule has 0 fully saturated rings. The van der Waals surface area contributed by atoms with E-state index in [1.165, 1.54) is 6.07 Å². The number of aromatic nitrogens is 1. The Bertz CT molecular complexity index is 1110. The second-order valence-corrected chi connectivity index (χ2v) is 7.68. The van der Waals surface area contributed by atoms with Gasteiger partial charge in [0.15, 0.2) is 5.78 Å². The van der Waals surface area contributed by atoms with E-state index in [9.17, 15) is 14.4 Å². The van der Waals surface area contributed by atoms with Crippen molar-refractivity contribution >= 4 is 17.4 Å². The molecule has 0 saturated heterocycles. The van der Waals surface area contributed by atoms with Gasteiger partial charge in [-0.1, -0.05) is 26.0 Å². The molecule has 4 rings (SSSR count). The van der Waals surface area contributed by atoms with Crippen molar-refractivity contribution in [3.05, 3.63) is 87.2 Å². The van der Waals surface area contributed by atoms with E-state index in [0.717, 1.165) is 11.3 Å². The third kappa shape index (κ3) is 3.78. The van der Waals surface area contributed by atoms with Crippen LogP contribution in [0, 0.1) is 0 Å². The number of hydrogen-bond donors (Lipinski definition) is 2. The monoisotopic (exact) mass is 390 g/mol. The molecule has 6 nitrogen and oxygen atoms in total. The summed E-state index contributed by atoms with van der Waals surface area (Å²) in [5.41, 5.74) is 2.12. The van der Waals surface area contributed by atoms with Gasteiger partial charge in [-0.3, -0.25) is 14.4 Å². The average molecular weight is 390 g/mol. The highest BCUT2D eigenvalue weighted by molar-refractivity contribution is 6.06. The normalized spacial score (nSPS) is 16.0. The van der Waals surface area contributed by atoms with E-state index in [-0.39, 0.29) is 23.7 Å². The molecule has 3 aromatic rings. The van der Waals surface area contributed by atoms with Crippen molar-refractivity contribution in [2.45, 2.75) is 38.5 Å². The first-order chi connectivity index (χ1) is 13.9. The van der Waals surface area contributed by atoms with Gasteiger partial charge in [0.05, 0.1) is 6.26 Å². The fourth-order valence-electron chi connectivity index (χ4n) is 3.67. The molecule has 148 valence electrons. The van der Waals surface area contributed by atoms with Crippen LogP contribution in [0.25, 0.3) is 0 Å². The van der Waals surface area contributed by atoms with E-state index >= 15 is 0 Å². The first-order valence-electron chi connectivity index (χ1n) is 9.66. The predicted octanol–water partition coefficient (Wildman–Crippen LogP) is 4.26. The van der Waals surface area contributed by atoms with Crippen LogP contribution in [0.5, 0.6) is 0 Å². The maximum atomic E-state index is 12.6. The van der Waals surface area contributed by atoms with Gasteiger partial charge in [-0.25, -0.2) is 0 Å². The summed E-state index contributed by atoms with van der Waals surface area (Å²) in [5.74, 6) is 0.349. The quantitative estimate of drug-likeness (QED) is 0.696. The number of fused-ring (bicyclic) bond motifs is 1. The van der Waals surface area contributed by atoms with E-state index in [1.54, 1.807) is 24.5 Å². The van der Waals surface area contributed by atoms with E-state index in [4.69, 9.17) is 4.42 Å². The highest BCUT2D eigenvalue weighted by Crippen LogP contribution is 2.31. The highest BCUT2D eigenvalue weighted by atomic mass is 16.3. The molecule has 1 aromatic carbocycles. The fourth-order valence-corrected chi connectivity index (χ4v) is 3.67. The van der Waals surface area contributed by atoms with Crippen LogP contribution in [-0.4, -0.2) is 16.7 Å². The van der Waals surface area contributed by atoms with Crippen molar-refractivity contribution in [2.24, 2.45) is 0 Å². The van der Waals surface area contributed by atoms with Gasteiger partial charge in [0.2, 0.25) is 0 Å². The molecule has 2 heterocycles. The number of ketones is 1. The van der Waals surface area contributed by atoms with Gasteiger partial charge in [0, 0.05) is 29.3 Å². The number of H-pyrrole nitrogens is 1. The second-order valence-electron chi connectivity index (χ2n) is 7.68. The van der Waals surface area contributed by atoms with E-state index < -0.39 is 11.5 Å². The molecular formula is C23H22N2O4. The van der Waals surface area contributed by atoms with Crippen molar-refractivity contribution < 1.29 is 14.0 Å². The number of nitrogens with one attached hydrogen (secondary N) is 2. The number of carbonyl (C=O) groups excluding carboxylic acids is 2. The summed E-state index contributed by atoms with van der Waals surface area (Å²) in [7, 11) is 0. The van der Waals surface area contributed by atoms with Crippen LogP contribution in [0.2, 0.25) is 0 Å². The molecule has 1 aliphatic rings. The Kier molecular flexibility index (Phi) is 4.92. The summed E-state index contributed by atoms with van der Waals surface area (Å²) in [6, 6.07) is 12.5. The van der Waals surface area contributed by atoms with Gasteiger partial charge in [-0.2, -0.15) is 0 Å². The minimum atomic E-state index is -0.535. The molecule has 0 spiro atoms. The lowest BCUT2D eigenvalue weighted by molar-refractivity contribution is 0.0959. The van der Waals surface area contributed by atoms with Crippen LogP contribution >= 0.6 is 0 Å². The minimum absolute atomic E-state index is 0.0681. The minimum Gasteiger partial charge on any atom is -0.469 e. The zero-order valence-corrected chi connectivity index (χ0v) is 16.3. The number of rotatable bonds is 4. The van der Waals surface area contributed by atoms with Crippen LogP contribution in [-0.2, 0) is 6.42 Å². The molecule has 1 amide bonds. The number of Topliss-reactive ketones (excluding diaryl/α,β-unsaturated/α-hetero) is 1. The Hall–Kier alpha value is -3.41. The van der Waals surface area contributed by atoms with Crippen molar-refractivity contribution in [2.75, 3.05) is 5.32 Å². The van der Waals surface area contributed by atoms with E-state index in [2.05, 4.69) is 24.1 Å². The smallest absolute Gasteiger partial charge is 0.261 e. The number of furan rings is 1. The molecule has 6 heteroatoms. The summed E-state index contributed by atoms with van der Waals surface area (Å²) >= 11 is 0. The number of benzene rings is 1. The summed E-state index contributed by atoms with van der Waals surface area (Å²) in [5, 5.41) is 2.73. The number of aromatic amines is 1. The summed E-state index contributed by atoms with van der Waals surface area (Å²) < 4.78 is 5.41. The molecule has 29 heavy (non-hydrogen) atoms. The Balaban J connectivity index is 1.58. The van der Waals surface area contributed by atoms with Crippen LogP contribution < -0.4 is 10.9 Å². The summed E-state index contributed by atoms with van der Waals surface area (Å²) in [4.78, 5) is 40.5. The summed E-state index contributed by atoms with van der Waals surface area (Å²) in [6.45, 7) is 4.18. The fraction of sp³-hybridized carbons (Fsp3) is 0.261. The lowest BCUT2D eigenvalue weighted by Gasteiger charge is -2.22. The predicted molar refractivity (Wildman–Crippen MR) is 110 cm³/mol. The van der Waals surface area contributed by atoms with Gasteiger partial charge in [-0.05, 0) is 48.2 Å². The average Bonchev–Trinajstić information content (AvgIpc) is 3.22. The largest absolute Gasteiger partial charge is 0.469 e. The Morgan fingerprint density at radius 3 is 2.55 bits per heavy atom. The Labute approximate surface area is 168 Å². The SMILES string of the molecule is CC(C)c1ccc(NC(=O)c2cc3c([nH]c2=O)C[C@@H](c2ccco2)CC3=O)cc1. The zero-order valence-electron chi connectivity index (χ0n) is 16.3. The number of anilines is 1. The third-order valence-electron chi connectivity index (χ3n) is 5.33. The zero-order chi connectivity index (χ0) is 20.5. The van der Waals surface area contributed by atoms with Crippen molar-refractivity contribution in [1.82, 2.24) is 4.98 Å². The first-order valence-corrected chi connectivity index (χ1v) is 9.66. The van der Waals surface area contributed by atoms with Crippen molar-refractivity contribution in [3.63, 3.8) is 0 Å². The molecule has 0 aliphatic heterocycles. The molecule has 2 N–H and O–H groups in total. The van der Waals surface area contributed by atoms with Crippen molar-refractivity contribution in [3.8, 4) is 0 Å². The number of amides is 1. The maximum absolute atomic E-state index is 12.6. The molecule has 0 radical (unpaired) electrons. The Morgan fingerprint density at radius 2 is 1.90 bits per heavy atom. The Morgan fingerprint density at radius 1 is 1.14 bits per heavy atom. The molecule has 1 atom stereocenters. The number of carbonyl (C=O) groups is 2. The molecular weight excluding hydrogens is 368 g/mol. The first kappa shape index (κ1) is 18.9. The van der Waals surface area contributed by atoms with Crippen LogP contribution in [0.1, 0.15) is 69.8 Å². The van der Waals surface area contributed by atoms with Gasteiger partial charge in [-0.15, -0.1) is 0 Å². The number of hydrogen-bond acceptors (Lipinski definition) is 4. The summed E-state index contributed by atoms with van der Waals surface area (Å²) in [6.07, 6.45) is 2.34. The van der Waals surface area contributed by atoms with Crippen LogP contribution in [0.3, 0.4) is 0 Å². The van der Waals surface area contributed by atoms with Crippen molar-refractivity contribution in [1.29, 1.82) is 0 Å². The second kappa shape index (κ2) is 7.54. The van der Waals surface area contributed by atoms with Crippen LogP contribution in [0.15, 0.2) is 57.9 Å². The lowest BCUT2D eigenvalue weighted by atomic mass is 9.84. The third-order valence-corrected chi connectivity index (χ3v) is 5.33. The highest BCUT2D eigenvalue weighted by Gasteiger charge is 2.30. The van der Waals surface area contributed by atoms with Gasteiger partial charge in [0.1, 0.15) is 11.3 Å². The standard InChI is InChI=1S/C23H22N2O4/c1-13(2)14-5-7-16(8-6-14)24-22(27)18-12-17-19(25-23(18)28)10-15(11-20(17)26)21-4-3-9-29-21/h3-9,12-13,15H,10-11H2,1-2H3,(H,24,27)(H,25,28)/t15-/m1/s1. The van der Waals surface area contributed by atoms with E-state index in [0.29, 0.717) is 29.3 Å². The maximum Gasteiger partial charge on any atom is 0.261 e. The van der Waals surface area contributed by atoms with Gasteiger partial charge in [0.25, 0.3) is 11.5 Å².